The van der Waals surface area contributed by atoms with Crippen molar-refractivity contribution in [2.45, 2.75) is 22.6 Å². The van der Waals surface area contributed by atoms with E-state index in [2.05, 4.69) is 32.3 Å². The van der Waals surface area contributed by atoms with Gasteiger partial charge in [-0.05, 0) is 73.5 Å². The third kappa shape index (κ3) is 5.64. The molecule has 186 valence electrons. The Morgan fingerprint density at radius 3 is 2.36 bits per heavy atom. The highest BCUT2D eigenvalue weighted by Crippen LogP contribution is 2.27. The lowest BCUT2D eigenvalue weighted by Gasteiger charge is -2.25. The molecular formula is C27H28N4O3S2. The van der Waals surface area contributed by atoms with Crippen LogP contribution in [0.3, 0.4) is 0 Å². The predicted octanol–water partition coefficient (Wildman–Crippen LogP) is 4.20. The van der Waals surface area contributed by atoms with Gasteiger partial charge in [0.15, 0.2) is 0 Å². The number of nitrogens with zero attached hydrogens (tertiary/aromatic N) is 3. The highest BCUT2D eigenvalue weighted by molar-refractivity contribution is 7.91. The number of sulfone groups is 1. The molecule has 0 unspecified atom stereocenters. The van der Waals surface area contributed by atoms with E-state index in [1.54, 1.807) is 54.6 Å². The van der Waals surface area contributed by atoms with Crippen molar-refractivity contribution in [1.29, 1.82) is 0 Å². The summed E-state index contributed by atoms with van der Waals surface area (Å²) in [6.45, 7) is 2.83. The van der Waals surface area contributed by atoms with Gasteiger partial charge in [0.25, 0.3) is 0 Å². The van der Waals surface area contributed by atoms with E-state index in [0.717, 1.165) is 60.6 Å². The van der Waals surface area contributed by atoms with E-state index < -0.39 is 20.6 Å². The molecule has 7 nitrogen and oxygen atoms in total. The van der Waals surface area contributed by atoms with Crippen molar-refractivity contribution < 1.29 is 12.6 Å². The van der Waals surface area contributed by atoms with Crippen LogP contribution >= 0.6 is 0 Å². The van der Waals surface area contributed by atoms with Gasteiger partial charge in [0.05, 0.1) is 15.3 Å². The van der Waals surface area contributed by atoms with Crippen LogP contribution in [0.15, 0.2) is 88.9 Å². The number of fused-ring (bicyclic) bond motifs is 1. The Bertz CT molecular complexity index is 1470. The fourth-order valence-electron chi connectivity index (χ4n) is 4.35. The van der Waals surface area contributed by atoms with Crippen molar-refractivity contribution in [3.05, 3.63) is 84.7 Å². The van der Waals surface area contributed by atoms with E-state index in [1.807, 2.05) is 6.07 Å². The molecule has 4 aromatic rings. The number of rotatable bonds is 8. The molecule has 0 spiro atoms. The van der Waals surface area contributed by atoms with Gasteiger partial charge in [-0.3, -0.25) is 4.21 Å². The van der Waals surface area contributed by atoms with Crippen LogP contribution in [0.4, 0.5) is 11.5 Å². The molecule has 1 aliphatic heterocycles. The second kappa shape index (κ2) is 10.9. The molecule has 0 radical (unpaired) electrons. The molecule has 0 bridgehead atoms. The van der Waals surface area contributed by atoms with Gasteiger partial charge in [-0.25, -0.2) is 18.4 Å². The standard InChI is InChI=1S/C27H28N4O3S2/c32-35-17-15-31(16-18-35)14-4-5-21-8-13-26-25(19-21)27(29-20-28-26)30-22-9-11-24(12-10-22)36(33,34)23-6-2-1-3-7-23/h1-3,6-13,19-20H,4-5,14-18H2,(H,28,29,30). The number of hydrogen-bond donors (Lipinski definition) is 1. The molecular weight excluding hydrogens is 492 g/mol. The number of benzene rings is 3. The van der Waals surface area contributed by atoms with Crippen molar-refractivity contribution in [2.75, 3.05) is 36.5 Å². The maximum atomic E-state index is 12.9. The third-order valence-corrected chi connectivity index (χ3v) is 9.45. The highest BCUT2D eigenvalue weighted by Gasteiger charge is 2.17. The maximum absolute atomic E-state index is 12.9. The van der Waals surface area contributed by atoms with Gasteiger partial charge >= 0.3 is 0 Å². The molecule has 0 aliphatic carbocycles. The Kier molecular flexibility index (Phi) is 7.41. The number of aryl methyl sites for hydroxylation is 1. The number of hydrogen-bond acceptors (Lipinski definition) is 7. The second-order valence-corrected chi connectivity index (χ2v) is 12.5. The van der Waals surface area contributed by atoms with Gasteiger partial charge in [0.1, 0.15) is 12.1 Å². The van der Waals surface area contributed by atoms with Crippen LogP contribution in [0.25, 0.3) is 10.9 Å². The number of nitrogens with one attached hydrogen (secondary N) is 1. The van der Waals surface area contributed by atoms with Crippen molar-refractivity contribution in [3.8, 4) is 0 Å². The smallest absolute Gasteiger partial charge is 0.206 e. The highest BCUT2D eigenvalue weighted by atomic mass is 32.2. The second-order valence-electron chi connectivity index (χ2n) is 8.83. The van der Waals surface area contributed by atoms with Crippen molar-refractivity contribution in [1.82, 2.24) is 14.9 Å². The van der Waals surface area contributed by atoms with E-state index in [4.69, 9.17) is 0 Å². The SMILES string of the molecule is O=S1CCN(CCCc2ccc3ncnc(Nc4ccc(S(=O)(=O)c5ccccc5)cc4)c3c2)CC1. The zero-order chi connectivity index (χ0) is 25.0. The summed E-state index contributed by atoms with van der Waals surface area (Å²) in [4.78, 5) is 11.8. The molecule has 36 heavy (non-hydrogen) atoms. The summed E-state index contributed by atoms with van der Waals surface area (Å²) in [5.41, 5.74) is 2.80. The van der Waals surface area contributed by atoms with Crippen LogP contribution in [0.2, 0.25) is 0 Å². The largest absolute Gasteiger partial charge is 0.340 e. The van der Waals surface area contributed by atoms with Crippen LogP contribution < -0.4 is 5.32 Å². The molecule has 9 heteroatoms. The molecule has 0 amide bonds. The minimum absolute atomic E-state index is 0.244. The zero-order valence-electron chi connectivity index (χ0n) is 19.8. The van der Waals surface area contributed by atoms with Crippen LogP contribution in [0.5, 0.6) is 0 Å². The van der Waals surface area contributed by atoms with Crippen LogP contribution in [0, 0.1) is 0 Å². The minimum Gasteiger partial charge on any atom is -0.340 e. The molecule has 1 aromatic heterocycles. The first kappa shape index (κ1) is 24.5. The fraction of sp³-hybridized carbons (Fsp3) is 0.259. The van der Waals surface area contributed by atoms with Crippen LogP contribution in [0.1, 0.15) is 12.0 Å². The lowest BCUT2D eigenvalue weighted by Crippen LogP contribution is -2.38. The van der Waals surface area contributed by atoms with Crippen molar-refractivity contribution >= 4 is 43.0 Å². The first-order valence-corrected chi connectivity index (χ1v) is 14.9. The normalized spacial score (nSPS) is 15.2. The monoisotopic (exact) mass is 520 g/mol. The average molecular weight is 521 g/mol. The Labute approximate surface area is 214 Å². The van der Waals surface area contributed by atoms with E-state index in [0.29, 0.717) is 5.82 Å². The zero-order valence-corrected chi connectivity index (χ0v) is 21.5. The Balaban J connectivity index is 1.29. The molecule has 0 saturated carbocycles. The molecule has 1 aliphatic rings. The van der Waals surface area contributed by atoms with Gasteiger partial charge in [-0.1, -0.05) is 24.3 Å². The predicted molar refractivity (Wildman–Crippen MR) is 144 cm³/mol. The third-order valence-electron chi connectivity index (χ3n) is 6.39. The van der Waals surface area contributed by atoms with Crippen molar-refractivity contribution in [3.63, 3.8) is 0 Å². The van der Waals surface area contributed by atoms with E-state index in [-0.39, 0.29) is 9.79 Å². The first-order valence-electron chi connectivity index (χ1n) is 12.0. The number of anilines is 2. The Hall–Kier alpha value is -3.14. The quantitative estimate of drug-likeness (QED) is 0.372. The van der Waals surface area contributed by atoms with Gasteiger partial charge in [0, 0.05) is 46.5 Å². The van der Waals surface area contributed by atoms with E-state index in [9.17, 15) is 12.6 Å². The fourth-order valence-corrected chi connectivity index (χ4v) is 6.76. The summed E-state index contributed by atoms with van der Waals surface area (Å²) in [6.07, 6.45) is 3.50. The Morgan fingerprint density at radius 1 is 0.889 bits per heavy atom. The van der Waals surface area contributed by atoms with Crippen molar-refractivity contribution in [2.24, 2.45) is 0 Å². The lowest BCUT2D eigenvalue weighted by atomic mass is 10.1. The molecule has 0 atom stereocenters. The maximum Gasteiger partial charge on any atom is 0.206 e. The summed E-state index contributed by atoms with van der Waals surface area (Å²) in [5, 5.41) is 4.24. The van der Waals surface area contributed by atoms with Gasteiger partial charge < -0.3 is 10.2 Å². The lowest BCUT2D eigenvalue weighted by molar-refractivity contribution is 0.296. The molecule has 2 heterocycles. The Morgan fingerprint density at radius 2 is 1.61 bits per heavy atom. The van der Waals surface area contributed by atoms with E-state index >= 15 is 0 Å². The molecule has 3 aromatic carbocycles. The summed E-state index contributed by atoms with van der Waals surface area (Å²) in [6, 6.07) is 21.4. The molecule has 1 fully saturated rings. The van der Waals surface area contributed by atoms with E-state index in [1.165, 1.54) is 11.9 Å². The number of aromatic nitrogens is 2. The van der Waals surface area contributed by atoms with Gasteiger partial charge in [-0.2, -0.15) is 0 Å². The molecule has 5 rings (SSSR count). The average Bonchev–Trinajstić information content (AvgIpc) is 2.91. The van der Waals surface area contributed by atoms with Crippen LogP contribution in [-0.2, 0) is 27.1 Å². The van der Waals surface area contributed by atoms with Crippen LogP contribution in [-0.4, -0.2) is 58.6 Å². The summed E-state index contributed by atoms with van der Waals surface area (Å²) >= 11 is 0. The summed E-state index contributed by atoms with van der Waals surface area (Å²) in [5.74, 6) is 2.24. The minimum atomic E-state index is -3.56. The van der Waals surface area contributed by atoms with Gasteiger partial charge in [-0.15, -0.1) is 0 Å². The van der Waals surface area contributed by atoms with Gasteiger partial charge in [0.2, 0.25) is 9.84 Å². The topological polar surface area (TPSA) is 92.3 Å². The first-order chi connectivity index (χ1) is 17.5. The summed E-state index contributed by atoms with van der Waals surface area (Å²) in [7, 11) is -4.21. The molecule has 1 saturated heterocycles. The summed E-state index contributed by atoms with van der Waals surface area (Å²) < 4.78 is 37.3. The molecule has 1 N–H and O–H groups in total.